The smallest absolute Gasteiger partial charge is 0.306 e. The van der Waals surface area contributed by atoms with Crippen LogP contribution in [0, 0.1) is 0 Å². The first-order valence-electron chi connectivity index (χ1n) is 27.0. The summed E-state index contributed by atoms with van der Waals surface area (Å²) in [5, 5.41) is 0. The van der Waals surface area contributed by atoms with Gasteiger partial charge in [-0.2, -0.15) is 0 Å². The maximum absolute atomic E-state index is 12.7. The molecule has 0 saturated carbocycles. The van der Waals surface area contributed by atoms with Crippen molar-refractivity contribution in [2.45, 2.75) is 238 Å². The third kappa shape index (κ3) is 51.1. The Morgan fingerprint density at radius 2 is 0.864 bits per heavy atom. The van der Waals surface area contributed by atoms with Crippen LogP contribution < -0.4 is 4.89 Å². The van der Waals surface area contributed by atoms with Gasteiger partial charge in [0.15, 0.2) is 6.10 Å². The van der Waals surface area contributed by atoms with Crippen molar-refractivity contribution in [2.24, 2.45) is 0 Å². The van der Waals surface area contributed by atoms with Gasteiger partial charge in [-0.25, -0.2) is 0 Å². The molecule has 0 saturated heterocycles. The van der Waals surface area contributed by atoms with Gasteiger partial charge in [-0.15, -0.1) is 0 Å². The van der Waals surface area contributed by atoms with E-state index >= 15 is 0 Å². The molecule has 0 heterocycles. The van der Waals surface area contributed by atoms with Crippen molar-refractivity contribution in [1.29, 1.82) is 0 Å². The van der Waals surface area contributed by atoms with Crippen LogP contribution in [0.3, 0.4) is 0 Å². The van der Waals surface area contributed by atoms with Crippen LogP contribution in [-0.4, -0.2) is 70.0 Å². The van der Waals surface area contributed by atoms with Gasteiger partial charge < -0.3 is 27.9 Å². The number of hydrogen-bond acceptors (Lipinski definition) is 8. The summed E-state index contributed by atoms with van der Waals surface area (Å²) in [6, 6.07) is 0. The van der Waals surface area contributed by atoms with Crippen molar-refractivity contribution in [3.63, 3.8) is 0 Å². The number of rotatable bonds is 49. The number of unbranched alkanes of at least 4 members (excludes halogenated alkanes) is 25. The lowest BCUT2D eigenvalue weighted by atomic mass is 10.0. The van der Waals surface area contributed by atoms with Gasteiger partial charge in [0.1, 0.15) is 19.8 Å². The lowest BCUT2D eigenvalue weighted by Gasteiger charge is -2.28. The van der Waals surface area contributed by atoms with Crippen molar-refractivity contribution in [3.05, 3.63) is 60.8 Å². The summed E-state index contributed by atoms with van der Waals surface area (Å²) in [5.74, 6) is -0.831. The molecule has 0 amide bonds. The highest BCUT2D eigenvalue weighted by Gasteiger charge is 2.21. The van der Waals surface area contributed by atoms with Crippen LogP contribution in [0.5, 0.6) is 0 Å². The number of carbonyl (C=O) groups excluding carboxylic acids is 2. The molecule has 0 bridgehead atoms. The molecule has 384 valence electrons. The van der Waals surface area contributed by atoms with E-state index < -0.39 is 26.5 Å². The van der Waals surface area contributed by atoms with E-state index in [-0.39, 0.29) is 32.0 Å². The van der Waals surface area contributed by atoms with Gasteiger partial charge in [0, 0.05) is 12.8 Å². The molecular formula is C56H102NO8P. The summed E-state index contributed by atoms with van der Waals surface area (Å²) in [4.78, 5) is 37.6. The molecule has 0 radical (unpaired) electrons. The highest BCUT2D eigenvalue weighted by atomic mass is 31.2. The van der Waals surface area contributed by atoms with Crippen LogP contribution in [0.4, 0.5) is 0 Å². The highest BCUT2D eigenvalue weighted by molar-refractivity contribution is 7.45. The summed E-state index contributed by atoms with van der Waals surface area (Å²) in [6.45, 7) is 4.11. The van der Waals surface area contributed by atoms with Crippen molar-refractivity contribution >= 4 is 19.8 Å². The SMILES string of the molecule is CC/C=C\C/C=C\C/C=C\C/C=C\C/C=C\CCCCCCCCCCCCCCCCCCCC(=O)OC(COC(=O)CCCCCCCCCCC)COP(=O)([O-])OCC[N+](C)(C)C. The minimum Gasteiger partial charge on any atom is -0.756 e. The summed E-state index contributed by atoms with van der Waals surface area (Å²) in [5.41, 5.74) is 0. The number of allylic oxidation sites excluding steroid dienone is 10. The fourth-order valence-corrected chi connectivity index (χ4v) is 8.12. The van der Waals surface area contributed by atoms with Crippen LogP contribution >= 0.6 is 7.82 Å². The van der Waals surface area contributed by atoms with E-state index in [0.29, 0.717) is 17.4 Å². The van der Waals surface area contributed by atoms with Gasteiger partial charge >= 0.3 is 11.9 Å². The molecule has 0 aromatic heterocycles. The Morgan fingerprint density at radius 3 is 1.29 bits per heavy atom. The predicted molar refractivity (Wildman–Crippen MR) is 277 cm³/mol. The number of carbonyl (C=O) groups is 2. The number of phosphoric acid groups is 1. The minimum atomic E-state index is -4.62. The molecule has 0 N–H and O–H groups in total. The molecule has 66 heavy (non-hydrogen) atoms. The Kier molecular flexibility index (Phi) is 46.1. The van der Waals surface area contributed by atoms with E-state index in [9.17, 15) is 19.0 Å². The zero-order valence-corrected chi connectivity index (χ0v) is 44.3. The zero-order valence-electron chi connectivity index (χ0n) is 43.4. The van der Waals surface area contributed by atoms with Gasteiger partial charge in [-0.3, -0.25) is 14.2 Å². The summed E-state index contributed by atoms with van der Waals surface area (Å²) in [6.07, 6.45) is 60.0. The largest absolute Gasteiger partial charge is 0.756 e. The van der Waals surface area contributed by atoms with Gasteiger partial charge in [0.05, 0.1) is 27.7 Å². The molecular weight excluding hydrogens is 846 g/mol. The van der Waals surface area contributed by atoms with E-state index in [1.807, 2.05) is 21.1 Å². The third-order valence-corrected chi connectivity index (χ3v) is 12.5. The number of esters is 2. The monoisotopic (exact) mass is 948 g/mol. The number of nitrogens with zero attached hydrogens (tertiary/aromatic N) is 1. The molecule has 0 aliphatic carbocycles. The number of hydrogen-bond donors (Lipinski definition) is 0. The molecule has 2 atom stereocenters. The van der Waals surface area contributed by atoms with E-state index in [1.165, 1.54) is 128 Å². The number of quaternary nitrogens is 1. The minimum absolute atomic E-state index is 0.0300. The van der Waals surface area contributed by atoms with Gasteiger partial charge in [-0.05, 0) is 57.8 Å². The predicted octanol–water partition coefficient (Wildman–Crippen LogP) is 15.7. The number of likely N-dealkylation sites (N-methyl/N-ethyl adjacent to an activating group) is 1. The van der Waals surface area contributed by atoms with Crippen LogP contribution in [0.2, 0.25) is 0 Å². The second-order valence-electron chi connectivity index (χ2n) is 19.2. The normalized spacial score (nSPS) is 13.8. The molecule has 9 nitrogen and oxygen atoms in total. The first-order valence-corrected chi connectivity index (χ1v) is 28.5. The van der Waals surface area contributed by atoms with Crippen molar-refractivity contribution < 1.29 is 42.1 Å². The van der Waals surface area contributed by atoms with Gasteiger partial charge in [-0.1, -0.05) is 222 Å². The molecule has 2 unspecified atom stereocenters. The second-order valence-corrected chi connectivity index (χ2v) is 20.6. The van der Waals surface area contributed by atoms with Crippen LogP contribution in [0.15, 0.2) is 60.8 Å². The van der Waals surface area contributed by atoms with Gasteiger partial charge in [0.2, 0.25) is 0 Å². The number of phosphoric ester groups is 1. The maximum Gasteiger partial charge on any atom is 0.306 e. The lowest BCUT2D eigenvalue weighted by molar-refractivity contribution is -0.870. The number of ether oxygens (including phenoxy) is 2. The van der Waals surface area contributed by atoms with Crippen molar-refractivity contribution in [3.8, 4) is 0 Å². The van der Waals surface area contributed by atoms with Crippen molar-refractivity contribution in [2.75, 3.05) is 47.5 Å². The third-order valence-electron chi connectivity index (χ3n) is 11.6. The zero-order chi connectivity index (χ0) is 48.5. The van der Waals surface area contributed by atoms with Crippen LogP contribution in [0.1, 0.15) is 232 Å². The first-order chi connectivity index (χ1) is 32.0. The molecule has 0 aliphatic heterocycles. The van der Waals surface area contributed by atoms with E-state index in [1.54, 1.807) is 0 Å². The summed E-state index contributed by atoms with van der Waals surface area (Å²) < 4.78 is 34.0. The van der Waals surface area contributed by atoms with Gasteiger partial charge in [0.25, 0.3) is 7.82 Å². The molecule has 0 rings (SSSR count). The maximum atomic E-state index is 12.7. The molecule has 0 aromatic rings. The quantitative estimate of drug-likeness (QED) is 0.0195. The van der Waals surface area contributed by atoms with E-state index in [4.69, 9.17) is 18.5 Å². The van der Waals surface area contributed by atoms with Crippen molar-refractivity contribution in [1.82, 2.24) is 0 Å². The first kappa shape index (κ1) is 63.7. The average molecular weight is 948 g/mol. The van der Waals surface area contributed by atoms with E-state index in [2.05, 4.69) is 74.6 Å². The lowest BCUT2D eigenvalue weighted by Crippen LogP contribution is -2.37. The highest BCUT2D eigenvalue weighted by Crippen LogP contribution is 2.38. The Hall–Kier alpha value is -2.29. The van der Waals surface area contributed by atoms with Crippen LogP contribution in [-0.2, 0) is 32.7 Å². The molecule has 0 fully saturated rings. The van der Waals surface area contributed by atoms with Crippen LogP contribution in [0.25, 0.3) is 0 Å². The second kappa shape index (κ2) is 47.8. The Balaban J connectivity index is 3.97. The molecule has 0 aromatic carbocycles. The average Bonchev–Trinajstić information content (AvgIpc) is 3.27. The molecule has 0 spiro atoms. The summed E-state index contributed by atoms with van der Waals surface area (Å²) >= 11 is 0. The summed E-state index contributed by atoms with van der Waals surface area (Å²) in [7, 11) is 1.17. The molecule has 0 aliphatic rings. The Labute approximate surface area is 406 Å². The molecule has 10 heteroatoms. The fourth-order valence-electron chi connectivity index (χ4n) is 7.39. The topological polar surface area (TPSA) is 111 Å². The Bertz CT molecular complexity index is 1300. The standard InChI is InChI=1S/C56H102NO8P/c1-6-8-10-12-14-16-17-18-19-20-21-22-23-24-25-26-27-28-29-30-31-32-33-34-35-36-37-38-39-41-43-45-47-49-56(59)65-54(53-64-66(60,61)63-51-50-57(3,4)5)52-62-55(58)48-46-44-42-40-15-13-11-9-7-2/h8,10,14,16,18-19,21-22,24-25,54H,6-7,9,11-13,15,17,20,23,26-53H2,1-5H3/b10-8-,16-14-,19-18-,22-21-,25-24-. The van der Waals surface area contributed by atoms with E-state index in [0.717, 1.165) is 70.6 Å². The fraction of sp³-hybridized carbons (Fsp3) is 0.786. The Morgan fingerprint density at radius 1 is 0.485 bits per heavy atom.